The monoisotopic (exact) mass is 171 g/mol. The molecule has 4 heteroatoms. The summed E-state index contributed by atoms with van der Waals surface area (Å²) < 4.78 is 1.93. The lowest BCUT2D eigenvalue weighted by molar-refractivity contribution is 0.491. The Morgan fingerprint density at radius 1 is 1.73 bits per heavy atom. The highest BCUT2D eigenvalue weighted by Gasteiger charge is 2.16. The van der Waals surface area contributed by atoms with E-state index in [1.54, 1.807) is 6.20 Å². The molecule has 0 aromatic carbocycles. The van der Waals surface area contributed by atoms with E-state index in [-0.39, 0.29) is 0 Å². The average molecular weight is 172 g/mol. The van der Waals surface area contributed by atoms with E-state index in [1.807, 2.05) is 10.9 Å². The summed E-state index contributed by atoms with van der Waals surface area (Å²) in [5.74, 6) is 0. The smallest absolute Gasteiger partial charge is 0.0785 e. The standard InChI is InChI=1S/C7H10ClN3/c8-6-3-10-11(5-6)7-1-2-9-4-7/h3,5,7,9H,1-2,4H2/t7-/m0/s1. The van der Waals surface area contributed by atoms with Gasteiger partial charge in [0.2, 0.25) is 0 Å². The van der Waals surface area contributed by atoms with Crippen molar-refractivity contribution in [3.05, 3.63) is 17.4 Å². The van der Waals surface area contributed by atoms with Crippen LogP contribution in [-0.4, -0.2) is 22.9 Å². The Labute approximate surface area is 70.3 Å². The van der Waals surface area contributed by atoms with Crippen LogP contribution in [0.2, 0.25) is 5.02 Å². The van der Waals surface area contributed by atoms with Crippen molar-refractivity contribution in [1.29, 1.82) is 0 Å². The Hall–Kier alpha value is -0.540. The number of nitrogens with zero attached hydrogens (tertiary/aromatic N) is 2. The van der Waals surface area contributed by atoms with Crippen LogP contribution in [0, 0.1) is 0 Å². The van der Waals surface area contributed by atoms with E-state index in [1.165, 1.54) is 0 Å². The van der Waals surface area contributed by atoms with Crippen LogP contribution in [-0.2, 0) is 0 Å². The Bertz CT molecular complexity index is 240. The van der Waals surface area contributed by atoms with Crippen molar-refractivity contribution in [2.24, 2.45) is 0 Å². The summed E-state index contributed by atoms with van der Waals surface area (Å²) in [5.41, 5.74) is 0. The van der Waals surface area contributed by atoms with Crippen LogP contribution in [0.15, 0.2) is 12.4 Å². The van der Waals surface area contributed by atoms with Gasteiger partial charge in [-0.2, -0.15) is 5.10 Å². The summed E-state index contributed by atoms with van der Waals surface area (Å²) in [6, 6.07) is 0.502. The zero-order chi connectivity index (χ0) is 7.68. The van der Waals surface area contributed by atoms with E-state index in [0.29, 0.717) is 6.04 Å². The second kappa shape index (κ2) is 2.83. The quantitative estimate of drug-likeness (QED) is 0.685. The molecule has 60 valence electrons. The Morgan fingerprint density at radius 2 is 2.64 bits per heavy atom. The molecule has 1 aromatic rings. The lowest BCUT2D eigenvalue weighted by Crippen LogP contribution is -2.13. The van der Waals surface area contributed by atoms with Gasteiger partial charge in [-0.1, -0.05) is 11.6 Å². The summed E-state index contributed by atoms with van der Waals surface area (Å²) in [7, 11) is 0. The first-order chi connectivity index (χ1) is 5.36. The van der Waals surface area contributed by atoms with Crippen LogP contribution in [0.5, 0.6) is 0 Å². The maximum absolute atomic E-state index is 5.74. The van der Waals surface area contributed by atoms with E-state index < -0.39 is 0 Å². The Kier molecular flexibility index (Phi) is 1.84. The molecule has 1 saturated heterocycles. The van der Waals surface area contributed by atoms with Crippen LogP contribution >= 0.6 is 11.6 Å². The number of rotatable bonds is 1. The molecule has 0 radical (unpaired) electrons. The van der Waals surface area contributed by atoms with Gasteiger partial charge in [0.05, 0.1) is 17.3 Å². The van der Waals surface area contributed by atoms with Crippen molar-refractivity contribution in [3.63, 3.8) is 0 Å². The average Bonchev–Trinajstić information content (AvgIpc) is 2.55. The first-order valence-electron chi connectivity index (χ1n) is 3.76. The molecule has 1 aliphatic rings. The summed E-state index contributed by atoms with van der Waals surface area (Å²) in [5, 5.41) is 8.14. The number of hydrogen-bond donors (Lipinski definition) is 1. The molecule has 0 aliphatic carbocycles. The third kappa shape index (κ3) is 1.39. The van der Waals surface area contributed by atoms with Crippen molar-refractivity contribution >= 4 is 11.6 Å². The highest BCUT2D eigenvalue weighted by molar-refractivity contribution is 6.30. The largest absolute Gasteiger partial charge is 0.315 e. The second-order valence-corrected chi connectivity index (χ2v) is 3.22. The topological polar surface area (TPSA) is 29.9 Å². The van der Waals surface area contributed by atoms with Gasteiger partial charge in [0, 0.05) is 12.7 Å². The number of nitrogens with one attached hydrogen (secondary N) is 1. The van der Waals surface area contributed by atoms with Gasteiger partial charge in [-0.3, -0.25) is 4.68 Å². The lowest BCUT2D eigenvalue weighted by atomic mass is 10.3. The zero-order valence-electron chi connectivity index (χ0n) is 6.13. The minimum atomic E-state index is 0.502. The van der Waals surface area contributed by atoms with E-state index in [0.717, 1.165) is 24.5 Å². The summed E-state index contributed by atoms with van der Waals surface area (Å²) in [6.07, 6.45) is 4.71. The molecule has 1 N–H and O–H groups in total. The van der Waals surface area contributed by atoms with Crippen molar-refractivity contribution < 1.29 is 0 Å². The van der Waals surface area contributed by atoms with Gasteiger partial charge < -0.3 is 5.32 Å². The molecule has 1 aromatic heterocycles. The van der Waals surface area contributed by atoms with E-state index >= 15 is 0 Å². The fourth-order valence-electron chi connectivity index (χ4n) is 1.38. The molecule has 0 saturated carbocycles. The van der Waals surface area contributed by atoms with Crippen LogP contribution in [0.25, 0.3) is 0 Å². The van der Waals surface area contributed by atoms with E-state index in [9.17, 15) is 0 Å². The van der Waals surface area contributed by atoms with E-state index in [2.05, 4.69) is 10.4 Å². The molecule has 1 fully saturated rings. The van der Waals surface area contributed by atoms with Gasteiger partial charge in [0.1, 0.15) is 0 Å². The molecule has 2 heterocycles. The maximum Gasteiger partial charge on any atom is 0.0785 e. The molecular formula is C7H10ClN3. The number of hydrogen-bond acceptors (Lipinski definition) is 2. The van der Waals surface area contributed by atoms with Crippen molar-refractivity contribution in [2.45, 2.75) is 12.5 Å². The molecule has 0 bridgehead atoms. The van der Waals surface area contributed by atoms with Gasteiger partial charge >= 0.3 is 0 Å². The summed E-state index contributed by atoms with van der Waals surface area (Å²) in [4.78, 5) is 0. The zero-order valence-corrected chi connectivity index (χ0v) is 6.88. The molecule has 0 amide bonds. The normalized spacial score (nSPS) is 24.3. The van der Waals surface area contributed by atoms with Gasteiger partial charge in [0.15, 0.2) is 0 Å². The van der Waals surface area contributed by atoms with Crippen LogP contribution in [0.3, 0.4) is 0 Å². The Balaban J connectivity index is 2.15. The fourth-order valence-corrected chi connectivity index (χ4v) is 1.52. The van der Waals surface area contributed by atoms with Crippen LogP contribution < -0.4 is 5.32 Å². The fraction of sp³-hybridized carbons (Fsp3) is 0.571. The van der Waals surface area contributed by atoms with E-state index in [4.69, 9.17) is 11.6 Å². The minimum absolute atomic E-state index is 0.502. The minimum Gasteiger partial charge on any atom is -0.315 e. The van der Waals surface area contributed by atoms with Crippen molar-refractivity contribution in [2.75, 3.05) is 13.1 Å². The predicted molar refractivity (Wildman–Crippen MR) is 43.8 cm³/mol. The number of aromatic nitrogens is 2. The summed E-state index contributed by atoms with van der Waals surface area (Å²) >= 11 is 5.74. The summed E-state index contributed by atoms with van der Waals surface area (Å²) in [6.45, 7) is 2.10. The first kappa shape index (κ1) is 7.13. The van der Waals surface area contributed by atoms with Gasteiger partial charge in [-0.15, -0.1) is 0 Å². The lowest BCUT2D eigenvalue weighted by Gasteiger charge is -2.06. The molecule has 11 heavy (non-hydrogen) atoms. The highest BCUT2D eigenvalue weighted by Crippen LogP contribution is 2.16. The van der Waals surface area contributed by atoms with Crippen LogP contribution in [0.4, 0.5) is 0 Å². The highest BCUT2D eigenvalue weighted by atomic mass is 35.5. The molecule has 0 unspecified atom stereocenters. The Morgan fingerprint density at radius 3 is 3.18 bits per heavy atom. The third-order valence-corrected chi connectivity index (χ3v) is 2.17. The van der Waals surface area contributed by atoms with Crippen LogP contribution in [0.1, 0.15) is 12.5 Å². The predicted octanol–water partition coefficient (Wildman–Crippen LogP) is 1.07. The second-order valence-electron chi connectivity index (χ2n) is 2.79. The maximum atomic E-state index is 5.74. The van der Waals surface area contributed by atoms with Gasteiger partial charge in [-0.25, -0.2) is 0 Å². The number of halogens is 1. The van der Waals surface area contributed by atoms with Crippen molar-refractivity contribution in [3.8, 4) is 0 Å². The van der Waals surface area contributed by atoms with Crippen molar-refractivity contribution in [1.82, 2.24) is 15.1 Å². The molecule has 0 spiro atoms. The van der Waals surface area contributed by atoms with Gasteiger partial charge in [-0.05, 0) is 13.0 Å². The first-order valence-corrected chi connectivity index (χ1v) is 4.14. The SMILES string of the molecule is Clc1cnn([C@H]2CCNC2)c1. The molecule has 3 nitrogen and oxygen atoms in total. The molecule has 1 atom stereocenters. The van der Waals surface area contributed by atoms with Gasteiger partial charge in [0.25, 0.3) is 0 Å². The molecular weight excluding hydrogens is 162 g/mol. The molecule has 1 aliphatic heterocycles. The third-order valence-electron chi connectivity index (χ3n) is 1.98. The molecule has 2 rings (SSSR count).